The maximum absolute atomic E-state index is 12.3. The van der Waals surface area contributed by atoms with E-state index in [4.69, 9.17) is 5.73 Å². The van der Waals surface area contributed by atoms with Crippen LogP contribution in [0.15, 0.2) is 9.72 Å². The van der Waals surface area contributed by atoms with Gasteiger partial charge in [0.05, 0.1) is 12.6 Å². The van der Waals surface area contributed by atoms with Crippen LogP contribution in [0.25, 0.3) is 0 Å². The Balaban J connectivity index is 2.15. The normalized spacial score (nSPS) is 23.5. The fourth-order valence-corrected chi connectivity index (χ4v) is 4.62. The van der Waals surface area contributed by atoms with E-state index in [-0.39, 0.29) is 22.0 Å². The van der Waals surface area contributed by atoms with E-state index in [1.165, 1.54) is 12.6 Å². The van der Waals surface area contributed by atoms with Crippen LogP contribution in [-0.4, -0.2) is 38.6 Å². The van der Waals surface area contributed by atoms with Crippen LogP contribution in [0, 0.1) is 0 Å². The predicted octanol–water partition coefficient (Wildman–Crippen LogP) is 0.478. The summed E-state index contributed by atoms with van der Waals surface area (Å²) in [6, 6.07) is -0.00261. The minimum Gasteiger partial charge on any atom is -0.464 e. The van der Waals surface area contributed by atoms with Gasteiger partial charge in [-0.25, -0.2) is 22.9 Å². The fraction of sp³-hybridized carbons (Fsp3) is 0.636. The van der Waals surface area contributed by atoms with Gasteiger partial charge in [-0.15, -0.1) is 11.3 Å². The van der Waals surface area contributed by atoms with Crippen LogP contribution in [0.5, 0.6) is 0 Å². The molecule has 3 N–H and O–H groups in total. The van der Waals surface area contributed by atoms with Crippen molar-refractivity contribution in [1.29, 1.82) is 0 Å². The van der Waals surface area contributed by atoms with E-state index in [0.29, 0.717) is 12.8 Å². The van der Waals surface area contributed by atoms with Gasteiger partial charge in [0, 0.05) is 12.1 Å². The molecule has 20 heavy (non-hydrogen) atoms. The number of carbonyl (C=O) groups excluding carboxylic acids is 1. The largest absolute Gasteiger partial charge is 0.464 e. The van der Waals surface area contributed by atoms with Crippen molar-refractivity contribution < 1.29 is 17.9 Å². The number of methoxy groups -OCH3 is 1. The predicted molar refractivity (Wildman–Crippen MR) is 74.0 cm³/mol. The minimum atomic E-state index is -3.76. The van der Waals surface area contributed by atoms with E-state index in [1.54, 1.807) is 0 Å². The number of rotatable bonds is 4. The van der Waals surface area contributed by atoms with Crippen molar-refractivity contribution in [1.82, 2.24) is 9.71 Å². The standard InChI is InChI=1S/C11H17N3O4S2/c1-18-10(15)9-11(19-6-13-9)20(16,17)14-8-4-2-7(12)3-5-8/h6-8,14H,2-5,12H2,1H3. The molecule has 0 bridgehead atoms. The van der Waals surface area contributed by atoms with Gasteiger partial charge in [0.1, 0.15) is 0 Å². The molecule has 0 unspecified atom stereocenters. The van der Waals surface area contributed by atoms with Crippen molar-refractivity contribution in [3.8, 4) is 0 Å². The second-order valence-electron chi connectivity index (χ2n) is 4.71. The van der Waals surface area contributed by atoms with Gasteiger partial charge in [0.2, 0.25) is 0 Å². The summed E-state index contributed by atoms with van der Waals surface area (Å²) in [4.78, 5) is 15.3. The molecule has 1 heterocycles. The highest BCUT2D eigenvalue weighted by molar-refractivity contribution is 7.91. The first-order chi connectivity index (χ1) is 9.44. The number of nitrogens with two attached hydrogens (primary N) is 1. The summed E-state index contributed by atoms with van der Waals surface area (Å²) < 4.78 is 31.7. The number of nitrogens with zero attached hydrogens (tertiary/aromatic N) is 1. The van der Waals surface area contributed by atoms with Crippen LogP contribution >= 0.6 is 11.3 Å². The summed E-state index contributed by atoms with van der Waals surface area (Å²) in [5.41, 5.74) is 6.94. The molecule has 9 heteroatoms. The zero-order chi connectivity index (χ0) is 14.8. The molecule has 1 fully saturated rings. The van der Waals surface area contributed by atoms with Gasteiger partial charge >= 0.3 is 5.97 Å². The lowest BCUT2D eigenvalue weighted by atomic mass is 9.93. The van der Waals surface area contributed by atoms with Crippen molar-refractivity contribution in [3.63, 3.8) is 0 Å². The molecule has 2 rings (SSSR count). The first-order valence-electron chi connectivity index (χ1n) is 6.23. The molecule has 0 radical (unpaired) electrons. The Morgan fingerprint density at radius 3 is 2.70 bits per heavy atom. The number of carbonyl (C=O) groups is 1. The van der Waals surface area contributed by atoms with Gasteiger partial charge in [-0.3, -0.25) is 0 Å². The maximum Gasteiger partial charge on any atom is 0.358 e. The SMILES string of the molecule is COC(=O)c1ncsc1S(=O)(=O)NC1CCC(N)CC1. The lowest BCUT2D eigenvalue weighted by Gasteiger charge is -2.26. The molecule has 0 aliphatic heterocycles. The van der Waals surface area contributed by atoms with Gasteiger partial charge in [-0.1, -0.05) is 0 Å². The molecule has 0 saturated heterocycles. The second-order valence-corrected chi connectivity index (χ2v) is 7.48. The average molecular weight is 319 g/mol. The Labute approximate surface area is 121 Å². The lowest BCUT2D eigenvalue weighted by Crippen LogP contribution is -2.40. The topological polar surface area (TPSA) is 111 Å². The molecule has 1 aromatic heterocycles. The monoisotopic (exact) mass is 319 g/mol. The Bertz CT molecular complexity index is 576. The summed E-state index contributed by atoms with van der Waals surface area (Å²) in [5, 5.41) is 0. The molecule has 0 aromatic carbocycles. The third-order valence-corrected chi connectivity index (χ3v) is 6.14. The minimum absolute atomic E-state index is 0.0979. The Kier molecular flexibility index (Phi) is 4.74. The van der Waals surface area contributed by atoms with Crippen molar-refractivity contribution in [2.24, 2.45) is 5.73 Å². The maximum atomic E-state index is 12.3. The number of hydrogen-bond acceptors (Lipinski definition) is 7. The fourth-order valence-electron chi connectivity index (χ4n) is 2.17. The third kappa shape index (κ3) is 3.35. The summed E-state index contributed by atoms with van der Waals surface area (Å²) in [6.45, 7) is 0. The quantitative estimate of drug-likeness (QED) is 0.781. The highest BCUT2D eigenvalue weighted by Crippen LogP contribution is 2.24. The van der Waals surface area contributed by atoms with E-state index in [2.05, 4.69) is 14.4 Å². The number of thiazole rings is 1. The number of nitrogens with one attached hydrogen (secondary N) is 1. The number of aromatic nitrogens is 1. The molecule has 1 aliphatic carbocycles. The molecular formula is C11H17N3O4S2. The highest BCUT2D eigenvalue weighted by Gasteiger charge is 2.30. The molecule has 1 aliphatic rings. The molecule has 1 aromatic rings. The first kappa shape index (κ1) is 15.4. The zero-order valence-corrected chi connectivity index (χ0v) is 12.7. The van der Waals surface area contributed by atoms with Gasteiger partial charge in [-0.2, -0.15) is 0 Å². The van der Waals surface area contributed by atoms with Gasteiger partial charge in [-0.05, 0) is 25.7 Å². The summed E-state index contributed by atoms with van der Waals surface area (Å²) in [7, 11) is -2.57. The number of sulfonamides is 1. The molecule has 0 atom stereocenters. The highest BCUT2D eigenvalue weighted by atomic mass is 32.2. The summed E-state index contributed by atoms with van der Waals surface area (Å²) >= 11 is 0.902. The van der Waals surface area contributed by atoms with Crippen LogP contribution in [0.2, 0.25) is 0 Å². The Morgan fingerprint density at radius 2 is 2.10 bits per heavy atom. The van der Waals surface area contributed by atoms with Gasteiger partial charge in [0.25, 0.3) is 10.0 Å². The number of esters is 1. The van der Waals surface area contributed by atoms with Crippen molar-refractivity contribution in [2.45, 2.75) is 42.0 Å². The zero-order valence-electron chi connectivity index (χ0n) is 11.0. The number of hydrogen-bond donors (Lipinski definition) is 2. The molecule has 0 spiro atoms. The molecule has 0 amide bonds. The van der Waals surface area contributed by atoms with Crippen molar-refractivity contribution in [3.05, 3.63) is 11.2 Å². The molecule has 7 nitrogen and oxygen atoms in total. The average Bonchev–Trinajstić information content (AvgIpc) is 2.90. The first-order valence-corrected chi connectivity index (χ1v) is 8.60. The van der Waals surface area contributed by atoms with E-state index in [0.717, 1.165) is 24.2 Å². The number of ether oxygens (including phenoxy) is 1. The summed E-state index contributed by atoms with van der Waals surface area (Å²) in [6.07, 6.45) is 2.99. The smallest absolute Gasteiger partial charge is 0.358 e. The van der Waals surface area contributed by atoms with E-state index >= 15 is 0 Å². The van der Waals surface area contributed by atoms with Crippen LogP contribution in [0.1, 0.15) is 36.2 Å². The molecular weight excluding hydrogens is 302 g/mol. The van der Waals surface area contributed by atoms with E-state index < -0.39 is 16.0 Å². The second kappa shape index (κ2) is 6.17. The van der Waals surface area contributed by atoms with Crippen LogP contribution in [0.4, 0.5) is 0 Å². The molecule has 112 valence electrons. The lowest BCUT2D eigenvalue weighted by molar-refractivity contribution is 0.0590. The Hall–Kier alpha value is -1.03. The van der Waals surface area contributed by atoms with E-state index in [1.807, 2.05) is 0 Å². The summed E-state index contributed by atoms with van der Waals surface area (Å²) in [5.74, 6) is -0.753. The third-order valence-electron chi connectivity index (χ3n) is 3.25. The van der Waals surface area contributed by atoms with Crippen LogP contribution in [-0.2, 0) is 14.8 Å². The molecule has 1 saturated carbocycles. The van der Waals surface area contributed by atoms with Gasteiger partial charge in [0.15, 0.2) is 9.90 Å². The van der Waals surface area contributed by atoms with E-state index in [9.17, 15) is 13.2 Å². The van der Waals surface area contributed by atoms with Crippen LogP contribution < -0.4 is 10.5 Å². The van der Waals surface area contributed by atoms with Gasteiger partial charge < -0.3 is 10.5 Å². The van der Waals surface area contributed by atoms with Crippen LogP contribution in [0.3, 0.4) is 0 Å². The van der Waals surface area contributed by atoms with Crippen molar-refractivity contribution >= 4 is 27.3 Å². The van der Waals surface area contributed by atoms with Crippen molar-refractivity contribution in [2.75, 3.05) is 7.11 Å². The Morgan fingerprint density at radius 1 is 1.45 bits per heavy atom.